The number of ether oxygens (including phenoxy) is 2. The van der Waals surface area contributed by atoms with Gasteiger partial charge < -0.3 is 40.0 Å². The van der Waals surface area contributed by atoms with E-state index in [9.17, 15) is 29.1 Å². The van der Waals surface area contributed by atoms with E-state index in [1.54, 1.807) is 51.2 Å². The third kappa shape index (κ3) is 10.5. The normalized spacial score (nSPS) is 20.7. The molecule has 5 heterocycles. The topological polar surface area (TPSA) is 202 Å². The fourth-order valence-corrected chi connectivity index (χ4v) is 10.1. The molecular formula is C51H68N8O8. The molecule has 2 aromatic heterocycles. The van der Waals surface area contributed by atoms with Crippen LogP contribution in [0.4, 0.5) is 0 Å². The first-order valence-corrected chi connectivity index (χ1v) is 23.5. The van der Waals surface area contributed by atoms with Gasteiger partial charge in [-0.2, -0.15) is 0 Å². The summed E-state index contributed by atoms with van der Waals surface area (Å²) in [6.07, 6.45) is 5.53. The van der Waals surface area contributed by atoms with Gasteiger partial charge in [0.2, 0.25) is 17.7 Å². The second kappa shape index (κ2) is 19.8. The van der Waals surface area contributed by atoms with Gasteiger partial charge in [0, 0.05) is 81.0 Å². The Kier molecular flexibility index (Phi) is 14.5. The van der Waals surface area contributed by atoms with Gasteiger partial charge in [-0.3, -0.25) is 34.0 Å². The summed E-state index contributed by atoms with van der Waals surface area (Å²) in [5, 5.41) is 16.7. The number of phenolic OH excluding ortho intramolecular Hbond substituents is 1. The summed E-state index contributed by atoms with van der Waals surface area (Å²) >= 11 is 0. The molecular weight excluding hydrogens is 853 g/mol. The highest BCUT2D eigenvalue weighted by molar-refractivity contribution is 5.96. The number of aryl methyl sites for hydroxylation is 1. The number of amides is 4. The summed E-state index contributed by atoms with van der Waals surface area (Å²) in [4.78, 5) is 77.8. The predicted molar refractivity (Wildman–Crippen MR) is 255 cm³/mol. The van der Waals surface area contributed by atoms with Crippen molar-refractivity contribution in [2.45, 2.75) is 117 Å². The van der Waals surface area contributed by atoms with Crippen LogP contribution in [0.5, 0.6) is 5.75 Å². The van der Waals surface area contributed by atoms with Crippen LogP contribution in [0.2, 0.25) is 0 Å². The Balaban J connectivity index is 1.28. The lowest BCUT2D eigenvalue weighted by molar-refractivity contribution is -0.155. The van der Waals surface area contributed by atoms with Crippen LogP contribution in [-0.2, 0) is 59.4 Å². The van der Waals surface area contributed by atoms with Crippen molar-refractivity contribution in [3.8, 4) is 28.1 Å². The van der Waals surface area contributed by atoms with E-state index in [-0.39, 0.29) is 49.6 Å². The van der Waals surface area contributed by atoms with E-state index >= 15 is 0 Å². The molecule has 5 N–H and O–H groups in total. The van der Waals surface area contributed by atoms with Gasteiger partial charge in [-0.1, -0.05) is 39.8 Å². The fourth-order valence-electron chi connectivity index (χ4n) is 10.1. The summed E-state index contributed by atoms with van der Waals surface area (Å²) < 4.78 is 14.0. The average Bonchev–Trinajstić information content (AvgIpc) is 3.89. The number of pyridine rings is 1. The number of hydrogen-bond donors (Lipinski definition) is 4. The molecule has 360 valence electrons. The van der Waals surface area contributed by atoms with Crippen LogP contribution in [0.1, 0.15) is 84.4 Å². The van der Waals surface area contributed by atoms with Crippen molar-refractivity contribution in [2.75, 3.05) is 40.4 Å². The van der Waals surface area contributed by atoms with Crippen molar-refractivity contribution >= 4 is 40.5 Å². The average molecular weight is 921 g/mol. The zero-order valence-electron chi connectivity index (χ0n) is 40.5. The number of aromatic hydroxyl groups is 1. The molecule has 4 amide bonds. The molecule has 4 atom stereocenters. The van der Waals surface area contributed by atoms with Gasteiger partial charge in [-0.05, 0) is 111 Å². The lowest BCUT2D eigenvalue weighted by Crippen LogP contribution is -2.62. The number of cyclic esters (lactones) is 1. The van der Waals surface area contributed by atoms with Crippen molar-refractivity contribution < 1.29 is 38.6 Å². The summed E-state index contributed by atoms with van der Waals surface area (Å²) in [6.45, 7) is 15.2. The summed E-state index contributed by atoms with van der Waals surface area (Å²) in [6, 6.07) is 10.4. The smallest absolute Gasteiger partial charge is 0.324 e. The van der Waals surface area contributed by atoms with Gasteiger partial charge in [-0.25, -0.2) is 5.43 Å². The van der Waals surface area contributed by atoms with Crippen molar-refractivity contribution in [1.29, 1.82) is 0 Å². The molecule has 0 unspecified atom stereocenters. The molecule has 0 saturated carbocycles. The maximum Gasteiger partial charge on any atom is 0.324 e. The summed E-state index contributed by atoms with van der Waals surface area (Å²) in [7, 11) is 3.25. The Morgan fingerprint density at radius 2 is 1.85 bits per heavy atom. The molecule has 67 heavy (non-hydrogen) atoms. The highest BCUT2D eigenvalue weighted by Crippen LogP contribution is 2.41. The number of likely N-dealkylation sites (N-methyl/N-ethyl adjacent to an activating group) is 1. The van der Waals surface area contributed by atoms with E-state index < -0.39 is 52.8 Å². The van der Waals surface area contributed by atoms with Crippen LogP contribution >= 0.6 is 0 Å². The number of nitrogens with one attached hydrogen (secondary N) is 2. The van der Waals surface area contributed by atoms with E-state index in [0.717, 1.165) is 38.9 Å². The number of carbonyl (C=O) groups is 5. The van der Waals surface area contributed by atoms with Crippen LogP contribution in [-0.4, -0.2) is 123 Å². The number of carbonyl (C=O) groups excluding carboxylic acids is 5. The van der Waals surface area contributed by atoms with E-state index in [4.69, 9.17) is 15.2 Å². The number of benzene rings is 2. The Morgan fingerprint density at radius 1 is 1.09 bits per heavy atom. The number of aromatic nitrogens is 2. The quantitative estimate of drug-likeness (QED) is 0.157. The number of phenols is 1. The van der Waals surface area contributed by atoms with Crippen LogP contribution in [0.25, 0.3) is 33.3 Å². The molecule has 0 spiro atoms. The molecule has 3 aliphatic rings. The predicted octanol–water partition coefficient (Wildman–Crippen LogP) is 4.96. The van der Waals surface area contributed by atoms with Gasteiger partial charge >= 0.3 is 5.97 Å². The molecule has 2 saturated heterocycles. The molecule has 7 rings (SSSR count). The molecule has 0 aliphatic carbocycles. The Morgan fingerprint density at radius 3 is 2.55 bits per heavy atom. The number of rotatable bonds is 10. The van der Waals surface area contributed by atoms with Crippen LogP contribution < -0.4 is 16.5 Å². The minimum atomic E-state index is -1.17. The summed E-state index contributed by atoms with van der Waals surface area (Å²) in [5.74, 6) is -2.94. The van der Waals surface area contributed by atoms with Gasteiger partial charge in [0.15, 0.2) is 0 Å². The summed E-state index contributed by atoms with van der Waals surface area (Å²) in [5.41, 5.74) is 14.7. The minimum Gasteiger partial charge on any atom is -0.508 e. The monoisotopic (exact) mass is 921 g/mol. The minimum absolute atomic E-state index is 0.0151. The molecule has 2 aromatic carbocycles. The highest BCUT2D eigenvalue weighted by atomic mass is 16.5. The van der Waals surface area contributed by atoms with E-state index in [0.29, 0.717) is 56.5 Å². The zero-order chi connectivity index (χ0) is 48.5. The molecule has 16 nitrogen and oxygen atoms in total. The van der Waals surface area contributed by atoms with Gasteiger partial charge in [0.1, 0.15) is 23.9 Å². The van der Waals surface area contributed by atoms with Gasteiger partial charge in [0.25, 0.3) is 5.91 Å². The number of fused-ring (bicyclic) bond motifs is 6. The van der Waals surface area contributed by atoms with E-state index in [1.807, 2.05) is 38.2 Å². The number of methoxy groups -OCH3 is 1. The molecule has 3 aliphatic heterocycles. The van der Waals surface area contributed by atoms with Crippen LogP contribution in [0.15, 0.2) is 54.9 Å². The third-order valence-corrected chi connectivity index (χ3v) is 13.4. The molecule has 16 heteroatoms. The standard InChI is InChI=1S/C51H68N8O8/c1-10-58-42-14-13-32-24-37(42)38(44(58)39-26-53-17-15-34(39)28-66-9)25-50(4,5)29-67-48(64)40-12-11-18-59(55-40)47(63)41(22-31-20-35(32)23-36(60)21-31)54-45(61)43(30(2)3)56(8)46(62)33-16-19-57(27-33)49(65)51(6,7)52/h13-15,17,20-21,23-24,26,30,33,40-41,43,55,60H,10-12,16,18-19,22,25,27-29,52H2,1-9H3,(H,54,61)/t33-,40-,41-,43-/m0/s1. The number of nitrogens with two attached hydrogens (primary N) is 1. The number of esters is 1. The first-order chi connectivity index (χ1) is 31.7. The van der Waals surface area contributed by atoms with Crippen molar-refractivity contribution in [2.24, 2.45) is 23.0 Å². The maximum absolute atomic E-state index is 14.7. The largest absolute Gasteiger partial charge is 0.508 e. The number of likely N-dealkylation sites (tertiary alicyclic amines) is 1. The van der Waals surface area contributed by atoms with Crippen LogP contribution in [0, 0.1) is 17.3 Å². The van der Waals surface area contributed by atoms with Crippen LogP contribution in [0.3, 0.4) is 0 Å². The molecule has 0 radical (unpaired) electrons. The number of hydrazine groups is 1. The molecule has 2 fully saturated rings. The number of hydrogen-bond acceptors (Lipinski definition) is 11. The van der Waals surface area contributed by atoms with Crippen molar-refractivity contribution in [3.05, 3.63) is 71.5 Å². The van der Waals surface area contributed by atoms with Crippen molar-refractivity contribution in [1.82, 2.24) is 35.1 Å². The highest BCUT2D eigenvalue weighted by Gasteiger charge is 2.41. The van der Waals surface area contributed by atoms with Gasteiger partial charge in [-0.15, -0.1) is 0 Å². The van der Waals surface area contributed by atoms with Crippen molar-refractivity contribution in [3.63, 3.8) is 0 Å². The Bertz CT molecular complexity index is 2530. The fraction of sp³-hybridized carbons (Fsp3) is 0.529. The second-order valence-corrected chi connectivity index (χ2v) is 20.3. The zero-order valence-corrected chi connectivity index (χ0v) is 40.5. The van der Waals surface area contributed by atoms with E-state index in [2.05, 4.69) is 53.2 Å². The number of nitrogens with zero attached hydrogens (tertiary/aromatic N) is 5. The Hall–Kier alpha value is -5.84. The Labute approximate surface area is 393 Å². The molecule has 6 bridgehead atoms. The van der Waals surface area contributed by atoms with E-state index in [1.165, 1.54) is 9.91 Å². The maximum atomic E-state index is 14.7. The molecule has 4 aromatic rings. The SMILES string of the molecule is CCn1c(-c2cnccc2COC)c2c3cc(ccc31)-c1cc(O)cc(c1)C[C@H](NC(=O)[C@H](C(C)C)N(C)C(=O)[C@H]1CCN(C(=O)C(C)(C)N)C1)C(=O)N1CCC[C@H](N1)C(=O)OCC(C)(C)C2. The second-order valence-electron chi connectivity index (χ2n) is 20.3. The lowest BCUT2D eigenvalue weighted by Gasteiger charge is -2.37. The third-order valence-electron chi connectivity index (χ3n) is 13.4. The van der Waals surface area contributed by atoms with Gasteiger partial charge in [0.05, 0.1) is 30.4 Å². The first-order valence-electron chi connectivity index (χ1n) is 23.5. The lowest BCUT2D eigenvalue weighted by atomic mass is 9.84. The first kappa shape index (κ1) is 49.1.